The number of hydrogen-bond donors (Lipinski definition) is 0. The predicted molar refractivity (Wildman–Crippen MR) is 50.3 cm³/mol. The summed E-state index contributed by atoms with van der Waals surface area (Å²) in [6, 6.07) is 0. The summed E-state index contributed by atoms with van der Waals surface area (Å²) in [5.41, 5.74) is 0. The van der Waals surface area contributed by atoms with Gasteiger partial charge in [0.2, 0.25) is 0 Å². The first-order valence-electron chi connectivity index (χ1n) is 4.38. The van der Waals surface area contributed by atoms with Crippen LogP contribution in [0.15, 0.2) is 0 Å². The second-order valence-corrected chi connectivity index (χ2v) is 8.56. The lowest BCUT2D eigenvalue weighted by atomic mass is 10.1. The quantitative estimate of drug-likeness (QED) is 0.607. The zero-order valence-electron chi connectivity index (χ0n) is 7.71. The first kappa shape index (κ1) is 10.4. The molecule has 2 fully saturated rings. The van der Waals surface area contributed by atoms with Crippen LogP contribution < -0.4 is 0 Å². The molecule has 0 N–H and O–H groups in total. The third-order valence-corrected chi connectivity index (χ3v) is 7.98. The van der Waals surface area contributed by atoms with Crippen LogP contribution in [-0.4, -0.2) is 45.6 Å². The molecule has 7 heteroatoms. The molecule has 2 saturated heterocycles. The van der Waals surface area contributed by atoms with E-state index in [0.717, 1.165) is 6.26 Å². The van der Waals surface area contributed by atoms with E-state index in [9.17, 15) is 16.8 Å². The van der Waals surface area contributed by atoms with Crippen LogP contribution in [0.2, 0.25) is 0 Å². The van der Waals surface area contributed by atoms with E-state index in [1.165, 1.54) is 0 Å². The number of ether oxygens (including phenoxy) is 1. The molecule has 0 aromatic carbocycles. The minimum Gasteiger partial charge on any atom is -0.374 e. The van der Waals surface area contributed by atoms with Crippen LogP contribution in [0, 0.1) is 0 Å². The normalized spacial score (nSPS) is 41.1. The van der Waals surface area contributed by atoms with E-state index in [0.29, 0.717) is 19.4 Å². The van der Waals surface area contributed by atoms with Gasteiger partial charge in [-0.3, -0.25) is 0 Å². The lowest BCUT2D eigenvalue weighted by molar-refractivity contribution is 0.0134. The second kappa shape index (κ2) is 2.93. The zero-order valence-corrected chi connectivity index (χ0v) is 9.34. The van der Waals surface area contributed by atoms with E-state index in [1.54, 1.807) is 0 Å². The van der Waals surface area contributed by atoms with Crippen LogP contribution >= 0.6 is 0 Å². The molecule has 2 aliphatic rings. The average molecular weight is 240 g/mol. The minimum atomic E-state index is -3.56. The number of fused-ring (bicyclic) bond motifs is 1. The Morgan fingerprint density at radius 2 is 2.00 bits per heavy atom. The van der Waals surface area contributed by atoms with Crippen LogP contribution in [0.25, 0.3) is 0 Å². The highest BCUT2D eigenvalue weighted by molar-refractivity contribution is 8.10. The van der Waals surface area contributed by atoms with Gasteiger partial charge in [0.05, 0.1) is 5.25 Å². The number of rotatable bonds is 1. The summed E-state index contributed by atoms with van der Waals surface area (Å²) in [6.45, 7) is 0.461. The molecule has 2 aliphatic heterocycles. The van der Waals surface area contributed by atoms with Crippen LogP contribution in [0.4, 0.5) is 0 Å². The van der Waals surface area contributed by atoms with Crippen LogP contribution in [0.5, 0.6) is 0 Å². The fourth-order valence-corrected chi connectivity index (χ4v) is 7.19. The Kier molecular flexibility index (Phi) is 2.17. The summed E-state index contributed by atoms with van der Waals surface area (Å²) in [7, 11) is -7.05. The van der Waals surface area contributed by atoms with Gasteiger partial charge in [-0.05, 0) is 12.8 Å². The molecule has 0 radical (unpaired) electrons. The number of hydrogen-bond acceptors (Lipinski definition) is 5. The van der Waals surface area contributed by atoms with Crippen molar-refractivity contribution in [1.29, 1.82) is 0 Å². The van der Waals surface area contributed by atoms with Gasteiger partial charge in [-0.2, -0.15) is 0 Å². The molecule has 14 heavy (non-hydrogen) atoms. The fourth-order valence-electron chi connectivity index (χ4n) is 2.14. The van der Waals surface area contributed by atoms with E-state index in [4.69, 9.17) is 4.74 Å². The molecule has 3 atom stereocenters. The van der Waals surface area contributed by atoms with Gasteiger partial charge in [0, 0.05) is 12.9 Å². The van der Waals surface area contributed by atoms with Gasteiger partial charge in [0.15, 0.2) is 24.3 Å². The first-order chi connectivity index (χ1) is 6.35. The maximum Gasteiger partial charge on any atom is 0.190 e. The standard InChI is InChI=1S/C7H12O5S2/c1-13(8,9)7-6-5(14(7,10)11)3-2-4-12-6/h5-7H,2-4H2,1H3. The summed E-state index contributed by atoms with van der Waals surface area (Å²) in [4.78, 5) is 0. The third-order valence-electron chi connectivity index (χ3n) is 2.75. The van der Waals surface area contributed by atoms with Crippen molar-refractivity contribution >= 4 is 19.7 Å². The molecule has 5 nitrogen and oxygen atoms in total. The van der Waals surface area contributed by atoms with E-state index in [2.05, 4.69) is 0 Å². The summed E-state index contributed by atoms with van der Waals surface area (Å²) >= 11 is 0. The molecule has 0 aromatic heterocycles. The lowest BCUT2D eigenvalue weighted by Crippen LogP contribution is -2.65. The molecule has 0 amide bonds. The van der Waals surface area contributed by atoms with E-state index in [-0.39, 0.29) is 0 Å². The highest BCUT2D eigenvalue weighted by Gasteiger charge is 2.62. The van der Waals surface area contributed by atoms with Crippen molar-refractivity contribution in [3.8, 4) is 0 Å². The van der Waals surface area contributed by atoms with Crippen LogP contribution in [0.1, 0.15) is 12.8 Å². The van der Waals surface area contributed by atoms with Crippen molar-refractivity contribution < 1.29 is 21.6 Å². The molecule has 0 spiro atoms. The van der Waals surface area contributed by atoms with Gasteiger partial charge >= 0.3 is 0 Å². The third kappa shape index (κ3) is 1.30. The van der Waals surface area contributed by atoms with Gasteiger partial charge in [-0.15, -0.1) is 0 Å². The molecule has 0 aromatic rings. The first-order valence-corrected chi connectivity index (χ1v) is 7.95. The van der Waals surface area contributed by atoms with Crippen LogP contribution in [0.3, 0.4) is 0 Å². The Morgan fingerprint density at radius 1 is 1.36 bits per heavy atom. The second-order valence-electron chi connectivity index (χ2n) is 3.80. The Bertz CT molecular complexity index is 435. The molecular weight excluding hydrogens is 228 g/mol. The van der Waals surface area contributed by atoms with E-state index >= 15 is 0 Å². The lowest BCUT2D eigenvalue weighted by Gasteiger charge is -2.44. The van der Waals surface area contributed by atoms with Gasteiger partial charge in [-0.1, -0.05) is 0 Å². The van der Waals surface area contributed by atoms with Crippen molar-refractivity contribution in [1.82, 2.24) is 0 Å². The molecule has 0 aliphatic carbocycles. The highest BCUT2D eigenvalue weighted by Crippen LogP contribution is 2.40. The van der Waals surface area contributed by atoms with E-state index < -0.39 is 35.6 Å². The fraction of sp³-hybridized carbons (Fsp3) is 1.00. The van der Waals surface area contributed by atoms with Gasteiger partial charge < -0.3 is 4.74 Å². The summed E-state index contributed by atoms with van der Waals surface area (Å²) in [6.07, 6.45) is 1.54. The smallest absolute Gasteiger partial charge is 0.190 e. The van der Waals surface area contributed by atoms with Crippen molar-refractivity contribution in [3.05, 3.63) is 0 Å². The average Bonchev–Trinajstić information content (AvgIpc) is 2.00. The molecular formula is C7H12O5S2. The molecule has 0 saturated carbocycles. The molecule has 3 unspecified atom stereocenters. The number of sulfone groups is 2. The van der Waals surface area contributed by atoms with E-state index in [1.807, 2.05) is 0 Å². The minimum absolute atomic E-state index is 0.461. The maximum absolute atomic E-state index is 11.6. The summed E-state index contributed by atoms with van der Waals surface area (Å²) < 4.78 is 49.5. The zero-order chi connectivity index (χ0) is 10.6. The van der Waals surface area contributed by atoms with Crippen LogP contribution in [-0.2, 0) is 24.4 Å². The Morgan fingerprint density at radius 3 is 2.57 bits per heavy atom. The highest BCUT2D eigenvalue weighted by atomic mass is 32.3. The predicted octanol–water partition coefficient (Wildman–Crippen LogP) is -0.667. The molecule has 2 rings (SSSR count). The Balaban J connectivity index is 2.37. The molecule has 82 valence electrons. The Hall–Kier alpha value is -0.140. The molecule has 0 bridgehead atoms. The van der Waals surface area contributed by atoms with Crippen molar-refractivity contribution in [3.63, 3.8) is 0 Å². The van der Waals surface area contributed by atoms with Crippen molar-refractivity contribution in [2.45, 2.75) is 28.8 Å². The van der Waals surface area contributed by atoms with Gasteiger partial charge in [0.1, 0.15) is 6.10 Å². The topological polar surface area (TPSA) is 77.5 Å². The molecule has 2 heterocycles. The Labute approximate surface area is 83.3 Å². The van der Waals surface area contributed by atoms with Crippen molar-refractivity contribution in [2.75, 3.05) is 12.9 Å². The monoisotopic (exact) mass is 240 g/mol. The maximum atomic E-state index is 11.6. The summed E-state index contributed by atoms with van der Waals surface area (Å²) in [5, 5.41) is -0.587. The summed E-state index contributed by atoms with van der Waals surface area (Å²) in [5.74, 6) is 0. The van der Waals surface area contributed by atoms with Gasteiger partial charge in [0.25, 0.3) is 0 Å². The SMILES string of the molecule is CS(=O)(=O)C1C2OCCCC2S1(=O)=O. The van der Waals surface area contributed by atoms with Gasteiger partial charge in [-0.25, -0.2) is 16.8 Å². The van der Waals surface area contributed by atoms with Crippen molar-refractivity contribution in [2.24, 2.45) is 0 Å². The largest absolute Gasteiger partial charge is 0.374 e.